The van der Waals surface area contributed by atoms with Crippen LogP contribution in [0.15, 0.2) is 0 Å². The molecule has 0 aliphatic carbocycles. The molecule has 9 nitrogen and oxygen atoms in total. The number of rotatable bonds is 8. The highest BCUT2D eigenvalue weighted by Crippen LogP contribution is 1.81. The van der Waals surface area contributed by atoms with Gasteiger partial charge in [0.25, 0.3) is 0 Å². The molecular formula is C6H17NO8S. The van der Waals surface area contributed by atoms with Crippen LogP contribution in [0, 0.1) is 0 Å². The van der Waals surface area contributed by atoms with Crippen LogP contribution < -0.4 is 5.64 Å². The molecule has 0 rings (SSSR count). The van der Waals surface area contributed by atoms with Gasteiger partial charge in [0.2, 0.25) is 0 Å². The van der Waals surface area contributed by atoms with Crippen molar-refractivity contribution in [3.63, 3.8) is 0 Å². The predicted octanol–water partition coefficient (Wildman–Crippen LogP) is -1.75. The van der Waals surface area contributed by atoms with Crippen molar-refractivity contribution in [2.24, 2.45) is 0 Å². The van der Waals surface area contributed by atoms with Crippen molar-refractivity contribution in [3.8, 4) is 0 Å². The predicted molar refractivity (Wildman–Crippen MR) is 52.4 cm³/mol. The van der Waals surface area contributed by atoms with Crippen LogP contribution in [0.25, 0.3) is 0 Å². The third-order valence-corrected chi connectivity index (χ3v) is 1.30. The Morgan fingerprint density at radius 2 is 1.56 bits per heavy atom. The Hall–Kier alpha value is -0.330. The molecule has 0 amide bonds. The highest BCUT2D eigenvalue weighted by atomic mass is 32.3. The van der Waals surface area contributed by atoms with Crippen LogP contribution >= 0.6 is 0 Å². The zero-order chi connectivity index (χ0) is 12.9. The summed E-state index contributed by atoms with van der Waals surface area (Å²) in [6.07, 6.45) is 0. The first-order chi connectivity index (χ1) is 7.47. The Morgan fingerprint density at radius 1 is 1.12 bits per heavy atom. The molecule has 0 aromatic heterocycles. The molecule has 0 atom stereocenters. The lowest BCUT2D eigenvalue weighted by Gasteiger charge is -2.01. The van der Waals surface area contributed by atoms with Crippen LogP contribution in [-0.4, -0.2) is 56.2 Å². The van der Waals surface area contributed by atoms with Gasteiger partial charge < -0.3 is 10.2 Å². The summed E-state index contributed by atoms with van der Waals surface area (Å²) in [5, 5.41) is 16.3. The van der Waals surface area contributed by atoms with E-state index in [1.165, 1.54) is 6.92 Å². The van der Waals surface area contributed by atoms with Gasteiger partial charge in [0.1, 0.15) is 0 Å². The zero-order valence-corrected chi connectivity index (χ0v) is 9.64. The van der Waals surface area contributed by atoms with E-state index in [2.05, 4.69) is 19.5 Å². The van der Waals surface area contributed by atoms with Crippen molar-refractivity contribution in [3.05, 3.63) is 0 Å². The maximum absolute atomic E-state index is 9.56. The molecule has 0 fully saturated rings. The molecule has 0 radical (unpaired) electrons. The van der Waals surface area contributed by atoms with E-state index >= 15 is 0 Å². The molecule has 0 bridgehead atoms. The minimum atomic E-state index is -4.17. The molecule has 0 aliphatic heterocycles. The summed E-state index contributed by atoms with van der Waals surface area (Å²) in [6.45, 7) is 1.66. The lowest BCUT2D eigenvalue weighted by atomic mass is 10.8. The number of nitrogens with one attached hydrogen (secondary N) is 1. The van der Waals surface area contributed by atoms with Crippen LogP contribution in [-0.2, 0) is 24.3 Å². The Bertz CT molecular complexity index is 213. The first kappa shape index (κ1) is 18.0. The van der Waals surface area contributed by atoms with Gasteiger partial charge >= 0.3 is 10.4 Å². The average Bonchev–Trinajstić information content (AvgIpc) is 2.17. The van der Waals surface area contributed by atoms with Gasteiger partial charge in [0.05, 0.1) is 33.0 Å². The molecule has 0 saturated heterocycles. The van der Waals surface area contributed by atoms with E-state index in [0.29, 0.717) is 0 Å². The van der Waals surface area contributed by atoms with Crippen LogP contribution in [0.4, 0.5) is 0 Å². The van der Waals surface area contributed by atoms with Gasteiger partial charge in [0.15, 0.2) is 0 Å². The fraction of sp³-hybridized carbons (Fsp3) is 1.00. The molecule has 0 aliphatic rings. The summed E-state index contributed by atoms with van der Waals surface area (Å²) in [6, 6.07) is 0. The molecule has 0 aromatic rings. The van der Waals surface area contributed by atoms with Gasteiger partial charge in [-0.15, -0.1) is 0 Å². The van der Waals surface area contributed by atoms with E-state index in [-0.39, 0.29) is 33.0 Å². The molecule has 0 heterocycles. The van der Waals surface area contributed by atoms with E-state index in [1.807, 2.05) is 0 Å². The quantitative estimate of drug-likeness (QED) is 0.228. The largest absolute Gasteiger partial charge is 0.397 e. The van der Waals surface area contributed by atoms with E-state index < -0.39 is 10.4 Å². The van der Waals surface area contributed by atoms with Crippen molar-refractivity contribution in [2.75, 3.05) is 33.0 Å². The molecule has 4 N–H and O–H groups in total. The molecule has 0 saturated carbocycles. The molecule has 100 valence electrons. The van der Waals surface area contributed by atoms with Crippen LogP contribution in [0.2, 0.25) is 0 Å². The fourth-order valence-corrected chi connectivity index (χ4v) is 0.663. The summed E-state index contributed by atoms with van der Waals surface area (Å²) >= 11 is 0. The fourth-order valence-electron chi connectivity index (χ4n) is 0.365. The SMILES string of the molecule is CCOS(=O)(=O)O.OCCONOCCO. The molecule has 16 heavy (non-hydrogen) atoms. The van der Waals surface area contributed by atoms with Gasteiger partial charge in [-0.2, -0.15) is 8.42 Å². The van der Waals surface area contributed by atoms with Crippen LogP contribution in [0.3, 0.4) is 0 Å². The number of hydrogen-bond acceptors (Lipinski definition) is 8. The number of aliphatic hydroxyl groups excluding tert-OH is 2. The van der Waals surface area contributed by atoms with Gasteiger partial charge in [-0.05, 0) is 6.92 Å². The smallest absolute Gasteiger partial charge is 0.394 e. The molecule has 10 heteroatoms. The second-order valence-corrected chi connectivity index (χ2v) is 3.15. The Kier molecular flexibility index (Phi) is 14.4. The highest BCUT2D eigenvalue weighted by Gasteiger charge is 1.98. The molecular weight excluding hydrogens is 246 g/mol. The second-order valence-electron chi connectivity index (χ2n) is 2.06. The Labute approximate surface area is 93.8 Å². The van der Waals surface area contributed by atoms with Crippen molar-refractivity contribution in [2.45, 2.75) is 6.92 Å². The average molecular weight is 263 g/mol. The van der Waals surface area contributed by atoms with Crippen LogP contribution in [0.5, 0.6) is 0 Å². The summed E-state index contributed by atoms with van der Waals surface area (Å²) in [7, 11) is -4.17. The van der Waals surface area contributed by atoms with Crippen molar-refractivity contribution < 1.29 is 37.0 Å². The van der Waals surface area contributed by atoms with Gasteiger partial charge in [-0.1, -0.05) is 5.64 Å². The number of aliphatic hydroxyl groups is 2. The minimum absolute atomic E-state index is 0.0289. The summed E-state index contributed by atoms with van der Waals surface area (Å²) in [5.74, 6) is 0. The lowest BCUT2D eigenvalue weighted by Crippen LogP contribution is -2.19. The van der Waals surface area contributed by atoms with E-state index in [4.69, 9.17) is 14.8 Å². The molecule has 0 aromatic carbocycles. The lowest BCUT2D eigenvalue weighted by molar-refractivity contribution is -0.178. The van der Waals surface area contributed by atoms with Gasteiger partial charge in [-0.3, -0.25) is 14.2 Å². The Balaban J connectivity index is 0. The van der Waals surface area contributed by atoms with Crippen molar-refractivity contribution >= 4 is 10.4 Å². The number of hydrogen-bond donors (Lipinski definition) is 4. The van der Waals surface area contributed by atoms with Crippen molar-refractivity contribution in [1.29, 1.82) is 0 Å². The third kappa shape index (κ3) is 23.5. The van der Waals surface area contributed by atoms with Crippen molar-refractivity contribution in [1.82, 2.24) is 5.64 Å². The summed E-state index contributed by atoms with van der Waals surface area (Å²) in [5.41, 5.74) is 2.07. The van der Waals surface area contributed by atoms with Gasteiger partial charge in [-0.25, -0.2) is 4.18 Å². The Morgan fingerprint density at radius 3 is 1.75 bits per heavy atom. The summed E-state index contributed by atoms with van der Waals surface area (Å²) in [4.78, 5) is 8.90. The van der Waals surface area contributed by atoms with Crippen LogP contribution in [0.1, 0.15) is 6.92 Å². The normalized spacial score (nSPS) is 10.8. The van der Waals surface area contributed by atoms with E-state index in [0.717, 1.165) is 0 Å². The van der Waals surface area contributed by atoms with Gasteiger partial charge in [0, 0.05) is 0 Å². The third-order valence-electron chi connectivity index (χ3n) is 0.771. The van der Waals surface area contributed by atoms with E-state index in [9.17, 15) is 8.42 Å². The highest BCUT2D eigenvalue weighted by molar-refractivity contribution is 7.80. The molecule has 0 unspecified atom stereocenters. The second kappa shape index (κ2) is 12.7. The standard InChI is InChI=1S/C4H11NO4.C2H6O4S/c6-1-3-8-5-9-4-2-7;1-2-6-7(3,4)5/h5-7H,1-4H2;2H2,1H3,(H,3,4,5). The maximum Gasteiger partial charge on any atom is 0.397 e. The first-order valence-electron chi connectivity index (χ1n) is 4.30. The minimum Gasteiger partial charge on any atom is -0.394 e. The zero-order valence-electron chi connectivity index (χ0n) is 8.83. The summed E-state index contributed by atoms with van der Waals surface area (Å²) < 4.78 is 30.7. The maximum atomic E-state index is 9.56. The first-order valence-corrected chi connectivity index (χ1v) is 5.66. The van der Waals surface area contributed by atoms with E-state index in [1.54, 1.807) is 0 Å². The topological polar surface area (TPSA) is 135 Å². The molecule has 0 spiro atoms. The monoisotopic (exact) mass is 263 g/mol.